The number of aromatic nitrogens is 2. The first-order chi connectivity index (χ1) is 19.1. The molecule has 3 atom stereocenters. The maximum atomic E-state index is 13.4. The summed E-state index contributed by atoms with van der Waals surface area (Å²) in [5.41, 5.74) is 0.691. The fraction of sp³-hybridized carbons (Fsp3) is 0.481. The highest BCUT2D eigenvalue weighted by Gasteiger charge is 2.31. The van der Waals surface area contributed by atoms with Gasteiger partial charge in [0, 0.05) is 49.5 Å². The number of aliphatic carboxylic acids is 1. The minimum Gasteiger partial charge on any atom is -0.481 e. The topological polar surface area (TPSA) is 162 Å². The average Bonchev–Trinajstić information content (AvgIpc) is 2.95. The Balaban J connectivity index is 1.82. The van der Waals surface area contributed by atoms with Crippen molar-refractivity contribution in [3.05, 3.63) is 42.1 Å². The summed E-state index contributed by atoms with van der Waals surface area (Å²) in [6.07, 6.45) is -1.53. The van der Waals surface area contributed by atoms with Gasteiger partial charge in [0.2, 0.25) is 5.91 Å². The largest absolute Gasteiger partial charge is 0.481 e. The van der Waals surface area contributed by atoms with Gasteiger partial charge in [-0.15, -0.1) is 11.8 Å². The lowest BCUT2D eigenvalue weighted by atomic mass is 10.1. The zero-order valence-electron chi connectivity index (χ0n) is 22.8. The number of hydrogen-bond acceptors (Lipinski definition) is 9. The lowest BCUT2D eigenvalue weighted by molar-refractivity contribution is -0.138. The Bertz CT molecular complexity index is 1190. The Labute approximate surface area is 237 Å². The van der Waals surface area contributed by atoms with Crippen LogP contribution in [0.25, 0.3) is 11.4 Å². The van der Waals surface area contributed by atoms with E-state index < -0.39 is 36.0 Å². The van der Waals surface area contributed by atoms with Gasteiger partial charge in [-0.3, -0.25) is 14.4 Å². The van der Waals surface area contributed by atoms with E-state index >= 15 is 0 Å². The molecule has 0 radical (unpaired) electrons. The Morgan fingerprint density at radius 3 is 2.30 bits per heavy atom. The second kappa shape index (κ2) is 14.6. The third kappa shape index (κ3) is 8.65. The molecule has 1 saturated heterocycles. The lowest BCUT2D eigenvalue weighted by Crippen LogP contribution is -2.56. The monoisotopic (exact) mass is 573 g/mol. The first-order valence-corrected chi connectivity index (χ1v) is 14.0. The van der Waals surface area contributed by atoms with Crippen LogP contribution >= 0.6 is 11.8 Å². The zero-order valence-corrected chi connectivity index (χ0v) is 23.6. The molecule has 1 fully saturated rings. The molecule has 1 aliphatic heterocycles. The van der Waals surface area contributed by atoms with Crippen molar-refractivity contribution in [3.63, 3.8) is 0 Å². The fourth-order valence-electron chi connectivity index (χ4n) is 3.91. The molecule has 13 heteroatoms. The molecular formula is C27H35N5O7S. The van der Waals surface area contributed by atoms with Gasteiger partial charge in [-0.1, -0.05) is 37.3 Å². The third-order valence-electron chi connectivity index (χ3n) is 6.32. The summed E-state index contributed by atoms with van der Waals surface area (Å²) in [6, 6.07) is 9.47. The number of rotatable bonds is 11. The van der Waals surface area contributed by atoms with Crippen molar-refractivity contribution in [2.75, 3.05) is 32.8 Å². The molecule has 1 aliphatic rings. The van der Waals surface area contributed by atoms with E-state index in [9.17, 15) is 29.4 Å². The van der Waals surface area contributed by atoms with Crippen LogP contribution in [0.5, 0.6) is 0 Å². The van der Waals surface area contributed by atoms with Crippen LogP contribution < -0.4 is 5.32 Å². The SMILES string of the molecule is CCOC(=O)N1CCN(C(=O)C(CCC(=O)O)NC(=O)c2cc(SC(C)C(C)O)nc(-c3ccccc3)n2)CC1. The smallest absolute Gasteiger partial charge is 0.409 e. The number of carboxylic acids is 1. The summed E-state index contributed by atoms with van der Waals surface area (Å²) in [4.78, 5) is 62.1. The van der Waals surface area contributed by atoms with E-state index in [2.05, 4.69) is 15.3 Å². The second-order valence-electron chi connectivity index (χ2n) is 9.31. The molecule has 1 aromatic heterocycles. The van der Waals surface area contributed by atoms with E-state index in [1.807, 2.05) is 25.1 Å². The van der Waals surface area contributed by atoms with Crippen LogP contribution in [0, 0.1) is 0 Å². The second-order valence-corrected chi connectivity index (χ2v) is 10.7. The number of amides is 3. The first kappa shape index (κ1) is 30.8. The highest BCUT2D eigenvalue weighted by molar-refractivity contribution is 7.99. The standard InChI is InChI=1S/C27H35N5O7S/c1-4-39-27(38)32-14-12-31(13-15-32)26(37)20(10-11-23(34)35)29-25(36)21-16-22(40-18(3)17(2)33)30-24(28-21)19-8-6-5-7-9-19/h5-9,16-18,20,33H,4,10-15H2,1-3H3,(H,29,36)(H,34,35). The fourth-order valence-corrected chi connectivity index (χ4v) is 4.81. The van der Waals surface area contributed by atoms with Crippen LogP contribution in [0.1, 0.15) is 44.1 Å². The molecule has 1 aromatic carbocycles. The van der Waals surface area contributed by atoms with Gasteiger partial charge in [-0.05, 0) is 20.3 Å². The Hall–Kier alpha value is -3.71. The van der Waals surface area contributed by atoms with E-state index in [1.54, 1.807) is 26.0 Å². The van der Waals surface area contributed by atoms with Crippen LogP contribution in [0.3, 0.4) is 0 Å². The molecule has 3 amide bonds. The predicted octanol–water partition coefficient (Wildman–Crippen LogP) is 2.27. The van der Waals surface area contributed by atoms with Crippen molar-refractivity contribution in [2.24, 2.45) is 0 Å². The molecule has 40 heavy (non-hydrogen) atoms. The molecular weight excluding hydrogens is 538 g/mol. The van der Waals surface area contributed by atoms with E-state index in [1.165, 1.54) is 27.6 Å². The van der Waals surface area contributed by atoms with E-state index in [4.69, 9.17) is 4.74 Å². The predicted molar refractivity (Wildman–Crippen MR) is 148 cm³/mol. The lowest BCUT2D eigenvalue weighted by Gasteiger charge is -2.35. The van der Waals surface area contributed by atoms with Crippen LogP contribution in [0.4, 0.5) is 4.79 Å². The van der Waals surface area contributed by atoms with E-state index in [0.29, 0.717) is 16.4 Å². The Morgan fingerprint density at radius 1 is 1.05 bits per heavy atom. The number of thioether (sulfide) groups is 1. The third-order valence-corrected chi connectivity index (χ3v) is 7.54. The summed E-state index contributed by atoms with van der Waals surface area (Å²) in [5, 5.41) is 22.1. The number of aliphatic hydroxyl groups is 1. The molecule has 0 aliphatic carbocycles. The summed E-state index contributed by atoms with van der Waals surface area (Å²) in [6.45, 7) is 6.42. The zero-order chi connectivity index (χ0) is 29.2. The normalized spacial score (nSPS) is 15.6. The van der Waals surface area contributed by atoms with Crippen LogP contribution in [0.2, 0.25) is 0 Å². The van der Waals surface area contributed by atoms with Gasteiger partial charge in [-0.25, -0.2) is 14.8 Å². The van der Waals surface area contributed by atoms with Crippen molar-refractivity contribution >= 4 is 35.6 Å². The molecule has 0 saturated carbocycles. The number of ether oxygens (including phenoxy) is 1. The maximum Gasteiger partial charge on any atom is 0.409 e. The number of piperazine rings is 1. The molecule has 2 aromatic rings. The maximum absolute atomic E-state index is 13.4. The molecule has 2 heterocycles. The molecule has 216 valence electrons. The van der Waals surface area contributed by atoms with Crippen LogP contribution in [-0.2, 0) is 14.3 Å². The van der Waals surface area contributed by atoms with Gasteiger partial charge >= 0.3 is 12.1 Å². The van der Waals surface area contributed by atoms with Gasteiger partial charge in [0.15, 0.2) is 5.82 Å². The summed E-state index contributed by atoms with van der Waals surface area (Å²) in [5.74, 6) is -1.89. The minimum atomic E-state index is -1.11. The van der Waals surface area contributed by atoms with E-state index in [-0.39, 0.29) is 56.6 Å². The first-order valence-electron chi connectivity index (χ1n) is 13.1. The molecule has 12 nitrogen and oxygen atoms in total. The van der Waals surface area contributed by atoms with Crippen molar-refractivity contribution in [1.29, 1.82) is 0 Å². The molecule has 0 spiro atoms. The van der Waals surface area contributed by atoms with Crippen molar-refractivity contribution in [1.82, 2.24) is 25.1 Å². The minimum absolute atomic E-state index is 0.00870. The Kier molecular flexibility index (Phi) is 11.3. The number of nitrogens with zero attached hydrogens (tertiary/aromatic N) is 4. The highest BCUT2D eigenvalue weighted by atomic mass is 32.2. The van der Waals surface area contributed by atoms with Crippen molar-refractivity contribution in [3.8, 4) is 11.4 Å². The van der Waals surface area contributed by atoms with Gasteiger partial charge in [0.05, 0.1) is 12.7 Å². The van der Waals surface area contributed by atoms with Crippen LogP contribution in [-0.4, -0.2) is 104 Å². The number of aliphatic hydroxyl groups excluding tert-OH is 1. The average molecular weight is 574 g/mol. The van der Waals surface area contributed by atoms with Gasteiger partial charge in [0.25, 0.3) is 5.91 Å². The Morgan fingerprint density at radius 2 is 1.70 bits per heavy atom. The highest BCUT2D eigenvalue weighted by Crippen LogP contribution is 2.26. The molecule has 3 rings (SSSR count). The summed E-state index contributed by atoms with van der Waals surface area (Å²) in [7, 11) is 0. The van der Waals surface area contributed by atoms with Crippen LogP contribution in [0.15, 0.2) is 41.4 Å². The molecule has 0 bridgehead atoms. The number of carbonyl (C=O) groups is 4. The van der Waals surface area contributed by atoms with E-state index in [0.717, 1.165) is 0 Å². The van der Waals surface area contributed by atoms with Gasteiger partial charge < -0.3 is 30.1 Å². The van der Waals surface area contributed by atoms with Crippen molar-refractivity contribution < 1.29 is 34.1 Å². The molecule has 3 N–H and O–H groups in total. The number of hydrogen-bond donors (Lipinski definition) is 3. The number of carboxylic acid groups (broad SMARTS) is 1. The number of benzene rings is 1. The van der Waals surface area contributed by atoms with Crippen molar-refractivity contribution in [2.45, 2.75) is 56.0 Å². The molecule has 3 unspecified atom stereocenters. The number of carbonyl (C=O) groups excluding carboxylic acids is 3. The summed E-state index contributed by atoms with van der Waals surface area (Å²) >= 11 is 1.28. The summed E-state index contributed by atoms with van der Waals surface area (Å²) < 4.78 is 5.01. The quantitative estimate of drug-likeness (QED) is 0.268. The van der Waals surface area contributed by atoms with Gasteiger partial charge in [0.1, 0.15) is 16.8 Å². The van der Waals surface area contributed by atoms with Gasteiger partial charge in [-0.2, -0.15) is 0 Å². The number of nitrogens with one attached hydrogen (secondary N) is 1.